The SMILES string of the molecule is Fc1ncc(-c2cccnc2)c(F)n1. The van der Waals surface area contributed by atoms with Crippen molar-refractivity contribution in [1.29, 1.82) is 0 Å². The van der Waals surface area contributed by atoms with Crippen molar-refractivity contribution in [3.63, 3.8) is 0 Å². The molecule has 0 fully saturated rings. The molecule has 0 N–H and O–H groups in total. The lowest BCUT2D eigenvalue weighted by atomic mass is 10.1. The first kappa shape index (κ1) is 8.68. The van der Waals surface area contributed by atoms with Crippen molar-refractivity contribution in [2.75, 3.05) is 0 Å². The number of rotatable bonds is 1. The van der Waals surface area contributed by atoms with Gasteiger partial charge in [0.05, 0.1) is 5.56 Å². The van der Waals surface area contributed by atoms with E-state index < -0.39 is 12.0 Å². The molecular formula is C9H5F2N3. The van der Waals surface area contributed by atoms with E-state index in [-0.39, 0.29) is 5.56 Å². The first-order valence-electron chi connectivity index (χ1n) is 3.86. The van der Waals surface area contributed by atoms with Crippen LogP contribution >= 0.6 is 0 Å². The maximum atomic E-state index is 13.1. The summed E-state index contributed by atoms with van der Waals surface area (Å²) in [6, 6.07) is 3.30. The number of aromatic nitrogens is 3. The third kappa shape index (κ3) is 1.56. The van der Waals surface area contributed by atoms with Gasteiger partial charge in [-0.2, -0.15) is 13.8 Å². The Balaban J connectivity index is 2.53. The fraction of sp³-hybridized carbons (Fsp3) is 0. The molecule has 0 aliphatic heterocycles. The van der Waals surface area contributed by atoms with Gasteiger partial charge in [-0.05, 0) is 6.07 Å². The molecule has 70 valence electrons. The van der Waals surface area contributed by atoms with Gasteiger partial charge in [-0.3, -0.25) is 4.98 Å². The van der Waals surface area contributed by atoms with Gasteiger partial charge in [0.25, 0.3) is 0 Å². The molecule has 0 atom stereocenters. The molecule has 2 rings (SSSR count). The zero-order valence-electron chi connectivity index (χ0n) is 6.98. The molecule has 2 heterocycles. The Morgan fingerprint density at radius 3 is 2.64 bits per heavy atom. The lowest BCUT2D eigenvalue weighted by molar-refractivity contribution is 0.485. The van der Waals surface area contributed by atoms with Gasteiger partial charge in [0.15, 0.2) is 0 Å². The molecule has 0 saturated heterocycles. The minimum Gasteiger partial charge on any atom is -0.264 e. The predicted molar refractivity (Wildman–Crippen MR) is 45.2 cm³/mol. The monoisotopic (exact) mass is 193 g/mol. The molecule has 0 radical (unpaired) electrons. The van der Waals surface area contributed by atoms with Gasteiger partial charge in [-0.15, -0.1) is 0 Å². The van der Waals surface area contributed by atoms with E-state index in [0.717, 1.165) is 6.20 Å². The third-order valence-corrected chi connectivity index (χ3v) is 1.69. The Hall–Kier alpha value is -1.91. The van der Waals surface area contributed by atoms with Crippen LogP contribution in [-0.4, -0.2) is 15.0 Å². The highest BCUT2D eigenvalue weighted by molar-refractivity contribution is 5.60. The summed E-state index contributed by atoms with van der Waals surface area (Å²) in [7, 11) is 0. The van der Waals surface area contributed by atoms with Gasteiger partial charge >= 0.3 is 6.08 Å². The highest BCUT2D eigenvalue weighted by atomic mass is 19.1. The summed E-state index contributed by atoms with van der Waals surface area (Å²) in [5, 5.41) is 0. The average molecular weight is 193 g/mol. The fourth-order valence-corrected chi connectivity index (χ4v) is 1.06. The summed E-state index contributed by atoms with van der Waals surface area (Å²) in [6.07, 6.45) is 3.04. The van der Waals surface area contributed by atoms with E-state index in [2.05, 4.69) is 15.0 Å². The molecule has 3 nitrogen and oxygen atoms in total. The second-order valence-electron chi connectivity index (χ2n) is 2.59. The van der Waals surface area contributed by atoms with Crippen molar-refractivity contribution in [2.45, 2.75) is 0 Å². The van der Waals surface area contributed by atoms with Crippen molar-refractivity contribution in [3.8, 4) is 11.1 Å². The van der Waals surface area contributed by atoms with Crippen LogP contribution < -0.4 is 0 Å². The Labute approximate surface area is 78.5 Å². The van der Waals surface area contributed by atoms with Crippen LogP contribution in [0.15, 0.2) is 30.7 Å². The van der Waals surface area contributed by atoms with E-state index in [1.807, 2.05) is 0 Å². The third-order valence-electron chi connectivity index (χ3n) is 1.69. The van der Waals surface area contributed by atoms with Crippen molar-refractivity contribution in [3.05, 3.63) is 42.7 Å². The topological polar surface area (TPSA) is 38.7 Å². The molecule has 14 heavy (non-hydrogen) atoms. The first-order chi connectivity index (χ1) is 6.77. The van der Waals surface area contributed by atoms with Crippen molar-refractivity contribution in [2.24, 2.45) is 0 Å². The van der Waals surface area contributed by atoms with E-state index in [1.165, 1.54) is 6.20 Å². The lowest BCUT2D eigenvalue weighted by Crippen LogP contribution is -1.95. The summed E-state index contributed by atoms with van der Waals surface area (Å²) in [6.45, 7) is 0. The number of halogens is 2. The van der Waals surface area contributed by atoms with Gasteiger partial charge in [0, 0.05) is 24.2 Å². The van der Waals surface area contributed by atoms with Crippen LogP contribution in [0.3, 0.4) is 0 Å². The average Bonchev–Trinajstić information content (AvgIpc) is 2.19. The van der Waals surface area contributed by atoms with Crippen molar-refractivity contribution in [1.82, 2.24) is 15.0 Å². The summed E-state index contributed by atoms with van der Waals surface area (Å²) in [4.78, 5) is 10.1. The molecule has 5 heteroatoms. The second kappa shape index (κ2) is 3.45. The molecular weight excluding hydrogens is 188 g/mol. The summed E-state index contributed by atoms with van der Waals surface area (Å²) in [5.74, 6) is -0.884. The molecule has 0 aliphatic rings. The molecule has 0 amide bonds. The maximum absolute atomic E-state index is 13.1. The molecule has 0 saturated carbocycles. The molecule has 2 aromatic rings. The van der Waals surface area contributed by atoms with E-state index in [4.69, 9.17) is 0 Å². The van der Waals surface area contributed by atoms with E-state index >= 15 is 0 Å². The maximum Gasteiger partial charge on any atom is 0.311 e. The highest BCUT2D eigenvalue weighted by Gasteiger charge is 2.07. The van der Waals surface area contributed by atoms with Gasteiger partial charge in [0.2, 0.25) is 5.95 Å². The van der Waals surface area contributed by atoms with Gasteiger partial charge in [-0.1, -0.05) is 6.07 Å². The number of pyridine rings is 1. The minimum absolute atomic E-state index is 0.138. The molecule has 0 spiro atoms. The Morgan fingerprint density at radius 2 is 2.00 bits per heavy atom. The van der Waals surface area contributed by atoms with Crippen LogP contribution in [0.25, 0.3) is 11.1 Å². The Bertz CT molecular complexity index is 445. The zero-order chi connectivity index (χ0) is 9.97. The Morgan fingerprint density at radius 1 is 1.14 bits per heavy atom. The molecule has 0 aromatic carbocycles. The largest absolute Gasteiger partial charge is 0.311 e. The van der Waals surface area contributed by atoms with Crippen LogP contribution in [0, 0.1) is 12.0 Å². The van der Waals surface area contributed by atoms with Gasteiger partial charge in [-0.25, -0.2) is 4.98 Å². The standard InChI is InChI=1S/C9H5F2N3/c10-8-7(5-13-9(11)14-8)6-2-1-3-12-4-6/h1-5H. The summed E-state index contributed by atoms with van der Waals surface area (Å²) >= 11 is 0. The van der Waals surface area contributed by atoms with Crippen LogP contribution in [0.5, 0.6) is 0 Å². The van der Waals surface area contributed by atoms with Gasteiger partial charge in [0.1, 0.15) is 0 Å². The minimum atomic E-state index is -1.07. The number of hydrogen-bond acceptors (Lipinski definition) is 3. The smallest absolute Gasteiger partial charge is 0.264 e. The Kier molecular flexibility index (Phi) is 2.14. The number of nitrogens with zero attached hydrogens (tertiary/aromatic N) is 3. The van der Waals surface area contributed by atoms with Crippen LogP contribution in [-0.2, 0) is 0 Å². The fourth-order valence-electron chi connectivity index (χ4n) is 1.06. The van der Waals surface area contributed by atoms with Crippen LogP contribution in [0.2, 0.25) is 0 Å². The number of hydrogen-bond donors (Lipinski definition) is 0. The first-order valence-corrected chi connectivity index (χ1v) is 3.86. The van der Waals surface area contributed by atoms with E-state index in [9.17, 15) is 8.78 Å². The normalized spacial score (nSPS) is 10.1. The molecule has 0 unspecified atom stereocenters. The lowest BCUT2D eigenvalue weighted by Gasteiger charge is -1.99. The molecule has 0 bridgehead atoms. The summed E-state index contributed by atoms with van der Waals surface area (Å²) < 4.78 is 25.5. The van der Waals surface area contributed by atoms with Crippen molar-refractivity contribution >= 4 is 0 Å². The predicted octanol–water partition coefficient (Wildman–Crippen LogP) is 1.82. The molecule has 0 aliphatic carbocycles. The molecule has 2 aromatic heterocycles. The zero-order valence-corrected chi connectivity index (χ0v) is 6.98. The van der Waals surface area contributed by atoms with E-state index in [1.54, 1.807) is 18.3 Å². The quantitative estimate of drug-likeness (QED) is 0.512. The van der Waals surface area contributed by atoms with Crippen molar-refractivity contribution < 1.29 is 8.78 Å². The summed E-state index contributed by atoms with van der Waals surface area (Å²) in [5.41, 5.74) is 0.657. The second-order valence-corrected chi connectivity index (χ2v) is 2.59. The van der Waals surface area contributed by atoms with Crippen LogP contribution in [0.1, 0.15) is 0 Å². The van der Waals surface area contributed by atoms with E-state index in [0.29, 0.717) is 5.56 Å². The van der Waals surface area contributed by atoms with Crippen LogP contribution in [0.4, 0.5) is 8.78 Å². The highest BCUT2D eigenvalue weighted by Crippen LogP contribution is 2.18. The van der Waals surface area contributed by atoms with Gasteiger partial charge < -0.3 is 0 Å².